The van der Waals surface area contributed by atoms with Gasteiger partial charge in [-0.3, -0.25) is 9.59 Å². The molecule has 0 amide bonds. The molecule has 0 aromatic rings. The van der Waals surface area contributed by atoms with Crippen LogP contribution in [0.15, 0.2) is 12.2 Å². The number of unbranched alkanes of at least 4 members (excludes halogenated alkanes) is 3. The quantitative estimate of drug-likeness (QED) is 0.442. The molecule has 3 nitrogen and oxygen atoms in total. The number of Topliss-reactive ketones (excluding diaryl/α,β-unsaturated/α-hetero) is 1. The SMILES string of the molecule is CC/C=C/CCCC(=O)CCCCCC(=O)O. The van der Waals surface area contributed by atoms with Crippen LogP contribution in [0.2, 0.25) is 0 Å². The molecule has 0 aromatic carbocycles. The molecule has 0 aliphatic rings. The van der Waals surface area contributed by atoms with E-state index >= 15 is 0 Å². The molecule has 17 heavy (non-hydrogen) atoms. The van der Waals surface area contributed by atoms with Gasteiger partial charge in [0.15, 0.2) is 0 Å². The van der Waals surface area contributed by atoms with Crippen LogP contribution in [0.4, 0.5) is 0 Å². The Hall–Kier alpha value is -1.12. The van der Waals surface area contributed by atoms with E-state index < -0.39 is 5.97 Å². The fraction of sp³-hybridized carbons (Fsp3) is 0.714. The molecule has 3 heteroatoms. The van der Waals surface area contributed by atoms with E-state index in [1.165, 1.54) is 0 Å². The van der Waals surface area contributed by atoms with Crippen molar-refractivity contribution in [1.29, 1.82) is 0 Å². The molecule has 0 saturated carbocycles. The second-order valence-corrected chi connectivity index (χ2v) is 4.26. The number of allylic oxidation sites excluding steroid dienone is 2. The molecule has 0 unspecified atom stereocenters. The molecule has 0 fully saturated rings. The molecule has 98 valence electrons. The Balaban J connectivity index is 3.29. The van der Waals surface area contributed by atoms with Crippen molar-refractivity contribution in [1.82, 2.24) is 0 Å². The smallest absolute Gasteiger partial charge is 0.303 e. The first-order chi connectivity index (χ1) is 8.16. The predicted octanol–water partition coefficient (Wildman–Crippen LogP) is 3.73. The number of carboxylic acid groups (broad SMARTS) is 1. The number of hydrogen-bond donors (Lipinski definition) is 1. The number of rotatable bonds is 11. The van der Waals surface area contributed by atoms with Crippen molar-refractivity contribution in [3.63, 3.8) is 0 Å². The summed E-state index contributed by atoms with van der Waals surface area (Å²) in [5, 5.41) is 8.44. The first-order valence-corrected chi connectivity index (χ1v) is 6.55. The van der Waals surface area contributed by atoms with Crippen LogP contribution in [-0.2, 0) is 9.59 Å². The minimum Gasteiger partial charge on any atom is -0.481 e. The lowest BCUT2D eigenvalue weighted by molar-refractivity contribution is -0.137. The summed E-state index contributed by atoms with van der Waals surface area (Å²) in [6.45, 7) is 2.10. The minimum atomic E-state index is -0.751. The van der Waals surface area contributed by atoms with Gasteiger partial charge in [-0.05, 0) is 32.1 Å². The largest absolute Gasteiger partial charge is 0.481 e. The summed E-state index contributed by atoms with van der Waals surface area (Å²) in [6, 6.07) is 0. The second-order valence-electron chi connectivity index (χ2n) is 4.26. The van der Waals surface area contributed by atoms with Gasteiger partial charge in [0.05, 0.1) is 0 Å². The van der Waals surface area contributed by atoms with Gasteiger partial charge in [-0.1, -0.05) is 25.5 Å². The van der Waals surface area contributed by atoms with Crippen molar-refractivity contribution in [3.8, 4) is 0 Å². The average molecular weight is 240 g/mol. The Kier molecular flexibility index (Phi) is 10.6. The maximum Gasteiger partial charge on any atom is 0.303 e. The van der Waals surface area contributed by atoms with Crippen LogP contribution in [0.25, 0.3) is 0 Å². The predicted molar refractivity (Wildman–Crippen MR) is 69.0 cm³/mol. The van der Waals surface area contributed by atoms with Crippen molar-refractivity contribution in [2.75, 3.05) is 0 Å². The molecule has 0 aliphatic heterocycles. The van der Waals surface area contributed by atoms with E-state index in [0.29, 0.717) is 25.0 Å². The summed E-state index contributed by atoms with van der Waals surface area (Å²) < 4.78 is 0. The maximum absolute atomic E-state index is 11.4. The zero-order chi connectivity index (χ0) is 12.9. The summed E-state index contributed by atoms with van der Waals surface area (Å²) in [6.07, 6.45) is 11.1. The highest BCUT2D eigenvalue weighted by atomic mass is 16.4. The van der Waals surface area contributed by atoms with Gasteiger partial charge in [-0.2, -0.15) is 0 Å². The molecule has 0 atom stereocenters. The molecular formula is C14H24O3. The highest BCUT2D eigenvalue weighted by molar-refractivity contribution is 5.78. The Bertz CT molecular complexity index is 244. The molecule has 0 saturated heterocycles. The van der Waals surface area contributed by atoms with Crippen molar-refractivity contribution < 1.29 is 14.7 Å². The van der Waals surface area contributed by atoms with E-state index in [0.717, 1.165) is 32.1 Å². The van der Waals surface area contributed by atoms with Crippen LogP contribution in [0.3, 0.4) is 0 Å². The van der Waals surface area contributed by atoms with Crippen LogP contribution < -0.4 is 0 Å². The average Bonchev–Trinajstić information content (AvgIpc) is 2.28. The minimum absolute atomic E-state index is 0.218. The summed E-state index contributed by atoms with van der Waals surface area (Å²) >= 11 is 0. The number of carbonyl (C=O) groups is 2. The summed E-state index contributed by atoms with van der Waals surface area (Å²) in [5.41, 5.74) is 0. The Morgan fingerprint density at radius 3 is 2.24 bits per heavy atom. The van der Waals surface area contributed by atoms with E-state index in [4.69, 9.17) is 5.11 Å². The third-order valence-electron chi connectivity index (χ3n) is 2.58. The molecule has 0 bridgehead atoms. The number of carboxylic acids is 1. The van der Waals surface area contributed by atoms with Crippen molar-refractivity contribution in [2.24, 2.45) is 0 Å². The normalized spacial score (nSPS) is 10.9. The molecular weight excluding hydrogens is 216 g/mol. The lowest BCUT2D eigenvalue weighted by atomic mass is 10.1. The number of carbonyl (C=O) groups excluding carboxylic acids is 1. The van der Waals surface area contributed by atoms with Crippen molar-refractivity contribution in [2.45, 2.75) is 64.7 Å². The summed E-state index contributed by atoms with van der Waals surface area (Å²) in [7, 11) is 0. The fourth-order valence-corrected chi connectivity index (χ4v) is 1.60. The molecule has 0 aromatic heterocycles. The monoisotopic (exact) mass is 240 g/mol. The zero-order valence-corrected chi connectivity index (χ0v) is 10.8. The summed E-state index contributed by atoms with van der Waals surface area (Å²) in [5.74, 6) is -0.440. The first kappa shape index (κ1) is 15.9. The molecule has 0 radical (unpaired) electrons. The number of aliphatic carboxylic acids is 1. The lowest BCUT2D eigenvalue weighted by Gasteiger charge is -1.99. The van der Waals surface area contributed by atoms with E-state index in [-0.39, 0.29) is 6.42 Å². The Morgan fingerprint density at radius 1 is 0.941 bits per heavy atom. The second kappa shape index (κ2) is 11.4. The maximum atomic E-state index is 11.4. The van der Waals surface area contributed by atoms with Gasteiger partial charge in [0.2, 0.25) is 0 Å². The van der Waals surface area contributed by atoms with Crippen LogP contribution in [0, 0.1) is 0 Å². The van der Waals surface area contributed by atoms with E-state index in [1.807, 2.05) is 0 Å². The van der Waals surface area contributed by atoms with Gasteiger partial charge >= 0.3 is 5.97 Å². The van der Waals surface area contributed by atoms with E-state index in [2.05, 4.69) is 19.1 Å². The van der Waals surface area contributed by atoms with Crippen LogP contribution in [0.5, 0.6) is 0 Å². The Morgan fingerprint density at radius 2 is 1.59 bits per heavy atom. The van der Waals surface area contributed by atoms with Gasteiger partial charge in [-0.25, -0.2) is 0 Å². The topological polar surface area (TPSA) is 54.4 Å². The fourth-order valence-electron chi connectivity index (χ4n) is 1.60. The number of hydrogen-bond acceptors (Lipinski definition) is 2. The standard InChI is InChI=1S/C14H24O3/c1-2-3-4-5-7-10-13(15)11-8-6-9-12-14(16)17/h3-4H,2,5-12H2,1H3,(H,16,17)/b4-3+. The van der Waals surface area contributed by atoms with Gasteiger partial charge in [-0.15, -0.1) is 0 Å². The molecule has 0 spiro atoms. The Labute approximate surface area is 104 Å². The van der Waals surface area contributed by atoms with E-state index in [9.17, 15) is 9.59 Å². The highest BCUT2D eigenvalue weighted by Crippen LogP contribution is 2.07. The van der Waals surface area contributed by atoms with Crippen LogP contribution >= 0.6 is 0 Å². The zero-order valence-electron chi connectivity index (χ0n) is 10.8. The van der Waals surface area contributed by atoms with Gasteiger partial charge in [0.25, 0.3) is 0 Å². The van der Waals surface area contributed by atoms with Crippen LogP contribution in [-0.4, -0.2) is 16.9 Å². The third-order valence-corrected chi connectivity index (χ3v) is 2.58. The number of ketones is 1. The van der Waals surface area contributed by atoms with Gasteiger partial charge < -0.3 is 5.11 Å². The molecule has 0 aliphatic carbocycles. The summed E-state index contributed by atoms with van der Waals surface area (Å²) in [4.78, 5) is 21.7. The van der Waals surface area contributed by atoms with Gasteiger partial charge in [0.1, 0.15) is 5.78 Å². The van der Waals surface area contributed by atoms with Crippen molar-refractivity contribution in [3.05, 3.63) is 12.2 Å². The van der Waals surface area contributed by atoms with Crippen LogP contribution in [0.1, 0.15) is 64.7 Å². The first-order valence-electron chi connectivity index (χ1n) is 6.55. The van der Waals surface area contributed by atoms with Gasteiger partial charge in [0, 0.05) is 19.3 Å². The highest BCUT2D eigenvalue weighted by Gasteiger charge is 2.02. The molecule has 0 rings (SSSR count). The van der Waals surface area contributed by atoms with E-state index in [1.54, 1.807) is 0 Å². The van der Waals surface area contributed by atoms with Crippen molar-refractivity contribution >= 4 is 11.8 Å². The molecule has 1 N–H and O–H groups in total. The molecule has 0 heterocycles. The lowest BCUT2D eigenvalue weighted by Crippen LogP contribution is -1.98. The third kappa shape index (κ3) is 12.8.